The first kappa shape index (κ1) is 16.1. The predicted octanol–water partition coefficient (Wildman–Crippen LogP) is 4.24. The van der Waals surface area contributed by atoms with Gasteiger partial charge in [0.2, 0.25) is 0 Å². The topological polar surface area (TPSA) is 21.3 Å². The molecule has 0 aromatic rings. The van der Waals surface area contributed by atoms with Crippen LogP contribution in [0.1, 0.15) is 64.7 Å². The average Bonchev–Trinajstić information content (AvgIpc) is 2.54. The minimum Gasteiger partial charge on any atom is -0.375 e. The second-order valence-corrected chi connectivity index (χ2v) is 8.60. The first-order valence-corrected chi connectivity index (χ1v) is 10.4. The average molecular weight is 312 g/mol. The van der Waals surface area contributed by atoms with Gasteiger partial charge in [0.25, 0.3) is 0 Å². The highest BCUT2D eigenvalue weighted by atomic mass is 32.2. The Morgan fingerprint density at radius 1 is 1.10 bits per heavy atom. The van der Waals surface area contributed by atoms with Crippen LogP contribution in [0, 0.1) is 11.8 Å². The van der Waals surface area contributed by atoms with Crippen LogP contribution in [0.2, 0.25) is 0 Å². The molecule has 3 fully saturated rings. The summed E-state index contributed by atoms with van der Waals surface area (Å²) >= 11 is 2.11. The fraction of sp³-hybridized carbons (Fsp3) is 1.00. The van der Waals surface area contributed by atoms with E-state index in [2.05, 4.69) is 24.0 Å². The first-order valence-electron chi connectivity index (χ1n) is 9.28. The summed E-state index contributed by atoms with van der Waals surface area (Å²) in [6.45, 7) is 4.41. The molecule has 1 N–H and O–H groups in total. The Morgan fingerprint density at radius 3 is 2.57 bits per heavy atom. The molecule has 21 heavy (non-hydrogen) atoms. The van der Waals surface area contributed by atoms with Gasteiger partial charge in [0.05, 0.1) is 5.60 Å². The van der Waals surface area contributed by atoms with Gasteiger partial charge in [-0.3, -0.25) is 0 Å². The largest absolute Gasteiger partial charge is 0.375 e. The molecule has 2 unspecified atom stereocenters. The molecule has 3 rings (SSSR count). The van der Waals surface area contributed by atoms with Gasteiger partial charge >= 0.3 is 0 Å². The van der Waals surface area contributed by atoms with Crippen LogP contribution in [0.15, 0.2) is 0 Å². The van der Waals surface area contributed by atoms with Crippen molar-refractivity contribution < 1.29 is 4.74 Å². The second-order valence-electron chi connectivity index (χ2n) is 7.38. The quantitative estimate of drug-likeness (QED) is 0.839. The highest BCUT2D eigenvalue weighted by molar-refractivity contribution is 7.99. The molecular weight excluding hydrogens is 278 g/mol. The standard InChI is InChI=1S/C18H33NOS/c1-2-19-17(15-6-4-3-5-7-15)16-8-11-20-18(14-16)9-12-21-13-10-18/h15-17,19H,2-14H2,1H3. The summed E-state index contributed by atoms with van der Waals surface area (Å²) in [7, 11) is 0. The first-order chi connectivity index (χ1) is 10.3. The lowest BCUT2D eigenvalue weighted by molar-refractivity contribution is -0.110. The van der Waals surface area contributed by atoms with Gasteiger partial charge in [-0.05, 0) is 68.4 Å². The van der Waals surface area contributed by atoms with Crippen LogP contribution in [-0.4, -0.2) is 36.3 Å². The van der Waals surface area contributed by atoms with E-state index in [0.29, 0.717) is 0 Å². The van der Waals surface area contributed by atoms with Crippen molar-refractivity contribution in [2.24, 2.45) is 11.8 Å². The lowest BCUT2D eigenvalue weighted by Gasteiger charge is -2.47. The molecule has 3 heteroatoms. The monoisotopic (exact) mass is 311 g/mol. The minimum atomic E-state index is 0.247. The normalized spacial score (nSPS) is 32.1. The van der Waals surface area contributed by atoms with E-state index in [1.807, 2.05) is 0 Å². The van der Waals surface area contributed by atoms with Gasteiger partial charge in [-0.25, -0.2) is 0 Å². The van der Waals surface area contributed by atoms with E-state index in [9.17, 15) is 0 Å². The molecule has 1 saturated carbocycles. The number of hydrogen-bond donors (Lipinski definition) is 1. The van der Waals surface area contributed by atoms with Gasteiger partial charge in [0.15, 0.2) is 0 Å². The van der Waals surface area contributed by atoms with E-state index in [0.717, 1.165) is 31.0 Å². The summed E-state index contributed by atoms with van der Waals surface area (Å²) in [6, 6.07) is 0.755. The molecule has 2 atom stereocenters. The van der Waals surface area contributed by atoms with Gasteiger partial charge in [0, 0.05) is 12.6 Å². The van der Waals surface area contributed by atoms with Crippen molar-refractivity contribution in [3.63, 3.8) is 0 Å². The Hall–Kier alpha value is 0.270. The number of thioether (sulfide) groups is 1. The van der Waals surface area contributed by atoms with Gasteiger partial charge in [-0.1, -0.05) is 26.2 Å². The summed E-state index contributed by atoms with van der Waals surface area (Å²) in [5.74, 6) is 4.39. The van der Waals surface area contributed by atoms with Crippen LogP contribution in [0.5, 0.6) is 0 Å². The summed E-state index contributed by atoms with van der Waals surface area (Å²) in [5.41, 5.74) is 0.247. The maximum absolute atomic E-state index is 6.31. The molecule has 0 bridgehead atoms. The van der Waals surface area contributed by atoms with Gasteiger partial charge in [-0.15, -0.1) is 0 Å². The molecule has 1 spiro atoms. The Bertz CT molecular complexity index is 305. The van der Waals surface area contributed by atoms with Crippen LogP contribution in [0.25, 0.3) is 0 Å². The summed E-state index contributed by atoms with van der Waals surface area (Å²) in [5, 5.41) is 3.88. The number of hydrogen-bond acceptors (Lipinski definition) is 3. The van der Waals surface area contributed by atoms with E-state index in [4.69, 9.17) is 4.74 Å². The fourth-order valence-electron chi connectivity index (χ4n) is 4.91. The van der Waals surface area contributed by atoms with E-state index < -0.39 is 0 Å². The molecule has 0 amide bonds. The van der Waals surface area contributed by atoms with Gasteiger partial charge < -0.3 is 10.1 Å². The highest BCUT2D eigenvalue weighted by Gasteiger charge is 2.42. The fourth-order valence-corrected chi connectivity index (χ4v) is 6.15. The minimum absolute atomic E-state index is 0.247. The molecule has 2 heterocycles. The molecule has 122 valence electrons. The van der Waals surface area contributed by atoms with Crippen LogP contribution in [0.4, 0.5) is 0 Å². The van der Waals surface area contributed by atoms with Crippen molar-refractivity contribution in [1.29, 1.82) is 0 Å². The zero-order valence-electron chi connectivity index (χ0n) is 13.7. The molecular formula is C18H33NOS. The van der Waals surface area contributed by atoms with Gasteiger partial charge in [-0.2, -0.15) is 11.8 Å². The van der Waals surface area contributed by atoms with Gasteiger partial charge in [0.1, 0.15) is 0 Å². The third-order valence-electron chi connectivity index (χ3n) is 6.04. The van der Waals surface area contributed by atoms with Crippen molar-refractivity contribution in [2.75, 3.05) is 24.7 Å². The van der Waals surface area contributed by atoms with Crippen molar-refractivity contribution in [3.8, 4) is 0 Å². The zero-order valence-corrected chi connectivity index (χ0v) is 14.6. The van der Waals surface area contributed by atoms with Crippen LogP contribution < -0.4 is 5.32 Å². The lowest BCUT2D eigenvalue weighted by atomic mass is 9.72. The van der Waals surface area contributed by atoms with Crippen molar-refractivity contribution in [1.82, 2.24) is 5.32 Å². The molecule has 0 radical (unpaired) electrons. The lowest BCUT2D eigenvalue weighted by Crippen LogP contribution is -2.51. The van der Waals surface area contributed by atoms with Crippen molar-refractivity contribution in [3.05, 3.63) is 0 Å². The summed E-state index contributed by atoms with van der Waals surface area (Å²) in [6.07, 6.45) is 12.5. The third kappa shape index (κ3) is 3.97. The SMILES string of the molecule is CCNC(C1CCCCC1)C1CCOC2(CCSCC2)C1. The van der Waals surface area contributed by atoms with Crippen molar-refractivity contribution in [2.45, 2.75) is 76.4 Å². The smallest absolute Gasteiger partial charge is 0.0701 e. The Morgan fingerprint density at radius 2 is 1.86 bits per heavy atom. The maximum Gasteiger partial charge on any atom is 0.0701 e. The second kappa shape index (κ2) is 7.70. The maximum atomic E-state index is 6.31. The molecule has 1 aliphatic carbocycles. The molecule has 3 aliphatic rings. The van der Waals surface area contributed by atoms with Crippen LogP contribution >= 0.6 is 11.8 Å². The molecule has 0 aromatic carbocycles. The zero-order chi connectivity index (χ0) is 14.5. The molecule has 2 saturated heterocycles. The van der Waals surface area contributed by atoms with Crippen molar-refractivity contribution >= 4 is 11.8 Å². The summed E-state index contributed by atoms with van der Waals surface area (Å²) < 4.78 is 6.31. The Balaban J connectivity index is 1.66. The summed E-state index contributed by atoms with van der Waals surface area (Å²) in [4.78, 5) is 0. The van der Waals surface area contributed by atoms with E-state index in [1.54, 1.807) is 0 Å². The van der Waals surface area contributed by atoms with Crippen LogP contribution in [-0.2, 0) is 4.74 Å². The van der Waals surface area contributed by atoms with E-state index in [-0.39, 0.29) is 5.60 Å². The number of ether oxygens (including phenoxy) is 1. The number of nitrogens with one attached hydrogen (secondary N) is 1. The third-order valence-corrected chi connectivity index (χ3v) is 7.03. The molecule has 2 aliphatic heterocycles. The van der Waals surface area contributed by atoms with Crippen LogP contribution in [0.3, 0.4) is 0 Å². The Kier molecular flexibility index (Phi) is 5.92. The van der Waals surface area contributed by atoms with E-state index >= 15 is 0 Å². The predicted molar refractivity (Wildman–Crippen MR) is 92.0 cm³/mol. The molecule has 0 aromatic heterocycles. The van der Waals surface area contributed by atoms with E-state index in [1.165, 1.54) is 69.3 Å². The highest BCUT2D eigenvalue weighted by Crippen LogP contribution is 2.43. The number of rotatable bonds is 4. The molecule has 2 nitrogen and oxygen atoms in total. The Labute approximate surface area is 135 Å².